The highest BCUT2D eigenvalue weighted by Crippen LogP contribution is 2.22. The summed E-state index contributed by atoms with van der Waals surface area (Å²) in [7, 11) is 0. The van der Waals surface area contributed by atoms with Crippen LogP contribution in [0.2, 0.25) is 10.0 Å². The van der Waals surface area contributed by atoms with Gasteiger partial charge in [-0.15, -0.1) is 0 Å². The lowest BCUT2D eigenvalue weighted by Gasteiger charge is -2.02. The summed E-state index contributed by atoms with van der Waals surface area (Å²) < 4.78 is 1.78. The number of benzene rings is 1. The van der Waals surface area contributed by atoms with Crippen LogP contribution in [0.25, 0.3) is 0 Å². The summed E-state index contributed by atoms with van der Waals surface area (Å²) in [5, 5.41) is 5.04. The Balaban J connectivity index is 2.16. The molecule has 0 bridgehead atoms. The average Bonchev–Trinajstić information content (AvgIpc) is 2.76. The molecule has 1 aromatic carbocycles. The van der Waals surface area contributed by atoms with E-state index in [9.17, 15) is 4.79 Å². The van der Waals surface area contributed by atoms with Gasteiger partial charge in [0.05, 0.1) is 11.2 Å². The first kappa shape index (κ1) is 13.1. The Morgan fingerprint density at radius 3 is 2.78 bits per heavy atom. The van der Waals surface area contributed by atoms with Gasteiger partial charge in [0, 0.05) is 29.7 Å². The van der Waals surface area contributed by atoms with E-state index in [4.69, 9.17) is 23.2 Å². The number of hydrogen-bond donors (Lipinski definition) is 0. The molecule has 94 valence electrons. The summed E-state index contributed by atoms with van der Waals surface area (Å²) in [4.78, 5) is 12.1. The first-order valence-electron chi connectivity index (χ1n) is 5.59. The molecule has 0 aliphatic heterocycles. The number of ketones is 1. The number of aromatic nitrogens is 2. The Bertz CT molecular complexity index is 578. The van der Waals surface area contributed by atoms with E-state index < -0.39 is 0 Å². The maximum absolute atomic E-state index is 12.1. The van der Waals surface area contributed by atoms with E-state index >= 15 is 0 Å². The molecule has 0 aliphatic carbocycles. The smallest absolute Gasteiger partial charge is 0.168 e. The minimum Gasteiger partial charge on any atom is -0.294 e. The van der Waals surface area contributed by atoms with E-state index in [0.29, 0.717) is 22.0 Å². The van der Waals surface area contributed by atoms with Crippen molar-refractivity contribution in [2.75, 3.05) is 0 Å². The minimum atomic E-state index is -0.0349. The van der Waals surface area contributed by atoms with Crippen LogP contribution >= 0.6 is 23.2 Å². The summed E-state index contributed by atoms with van der Waals surface area (Å²) in [6, 6.07) is 4.89. The lowest BCUT2D eigenvalue weighted by Crippen LogP contribution is -2.03. The zero-order valence-corrected chi connectivity index (χ0v) is 11.4. The molecule has 18 heavy (non-hydrogen) atoms. The van der Waals surface area contributed by atoms with E-state index in [1.165, 1.54) is 0 Å². The Kier molecular flexibility index (Phi) is 4.04. The highest BCUT2D eigenvalue weighted by atomic mass is 35.5. The maximum atomic E-state index is 12.1. The molecule has 0 unspecified atom stereocenters. The third-order valence-electron chi connectivity index (χ3n) is 2.61. The van der Waals surface area contributed by atoms with E-state index in [1.54, 1.807) is 29.1 Å². The highest BCUT2D eigenvalue weighted by Gasteiger charge is 2.12. The zero-order valence-electron chi connectivity index (χ0n) is 9.86. The van der Waals surface area contributed by atoms with Gasteiger partial charge >= 0.3 is 0 Å². The minimum absolute atomic E-state index is 0.0349. The quantitative estimate of drug-likeness (QED) is 0.803. The van der Waals surface area contributed by atoms with Gasteiger partial charge in [-0.3, -0.25) is 9.48 Å². The van der Waals surface area contributed by atoms with Crippen molar-refractivity contribution < 1.29 is 4.79 Å². The molecule has 0 aliphatic rings. The van der Waals surface area contributed by atoms with E-state index in [0.717, 1.165) is 12.1 Å². The molecule has 2 aromatic rings. The SMILES string of the molecule is CCn1cc(CC(=O)c2ccc(Cl)cc2Cl)cn1. The van der Waals surface area contributed by atoms with Crippen LogP contribution in [-0.4, -0.2) is 15.6 Å². The predicted octanol–water partition coefficient (Wildman–Crippen LogP) is 3.64. The number of Topliss-reactive ketones (excluding diaryl/α,β-unsaturated/α-hetero) is 1. The third kappa shape index (κ3) is 2.92. The van der Waals surface area contributed by atoms with Gasteiger partial charge in [0.25, 0.3) is 0 Å². The van der Waals surface area contributed by atoms with Crippen LogP contribution in [0.1, 0.15) is 22.8 Å². The van der Waals surface area contributed by atoms with Crippen LogP contribution in [0.15, 0.2) is 30.6 Å². The van der Waals surface area contributed by atoms with Crippen LogP contribution in [0.4, 0.5) is 0 Å². The molecule has 5 heteroatoms. The summed E-state index contributed by atoms with van der Waals surface area (Å²) >= 11 is 11.8. The van der Waals surface area contributed by atoms with E-state index in [2.05, 4.69) is 5.10 Å². The molecule has 0 fully saturated rings. The fourth-order valence-electron chi connectivity index (χ4n) is 1.67. The number of carbonyl (C=O) groups excluding carboxylic acids is 1. The van der Waals surface area contributed by atoms with Crippen molar-refractivity contribution in [3.05, 3.63) is 51.8 Å². The van der Waals surface area contributed by atoms with Gasteiger partial charge in [-0.25, -0.2) is 0 Å². The normalized spacial score (nSPS) is 10.6. The Morgan fingerprint density at radius 1 is 1.39 bits per heavy atom. The number of aryl methyl sites for hydroxylation is 1. The Morgan fingerprint density at radius 2 is 2.17 bits per heavy atom. The van der Waals surface area contributed by atoms with Crippen molar-refractivity contribution >= 4 is 29.0 Å². The van der Waals surface area contributed by atoms with Gasteiger partial charge in [0.2, 0.25) is 0 Å². The molecule has 0 saturated carbocycles. The van der Waals surface area contributed by atoms with Gasteiger partial charge in [0.15, 0.2) is 5.78 Å². The topological polar surface area (TPSA) is 34.9 Å². The summed E-state index contributed by atoms with van der Waals surface area (Å²) in [5.41, 5.74) is 1.37. The van der Waals surface area contributed by atoms with Crippen LogP contribution in [0, 0.1) is 0 Å². The molecular weight excluding hydrogens is 271 g/mol. The van der Waals surface area contributed by atoms with Crippen molar-refractivity contribution in [2.45, 2.75) is 19.9 Å². The lowest BCUT2D eigenvalue weighted by atomic mass is 10.1. The molecule has 2 rings (SSSR count). The maximum Gasteiger partial charge on any atom is 0.168 e. The largest absolute Gasteiger partial charge is 0.294 e. The zero-order chi connectivity index (χ0) is 13.1. The first-order valence-corrected chi connectivity index (χ1v) is 6.35. The monoisotopic (exact) mass is 282 g/mol. The third-order valence-corrected chi connectivity index (χ3v) is 3.15. The molecule has 0 spiro atoms. The summed E-state index contributed by atoms with van der Waals surface area (Å²) in [6.45, 7) is 2.78. The number of halogens is 2. The van der Waals surface area contributed by atoms with Crippen LogP contribution in [-0.2, 0) is 13.0 Å². The molecule has 0 atom stereocenters. The standard InChI is InChI=1S/C13H12Cl2N2O/c1-2-17-8-9(7-16-17)5-13(18)11-4-3-10(14)6-12(11)15/h3-4,6-8H,2,5H2,1H3. The molecular formula is C13H12Cl2N2O. The number of hydrogen-bond acceptors (Lipinski definition) is 2. The molecule has 0 radical (unpaired) electrons. The second-order valence-electron chi connectivity index (χ2n) is 3.93. The van der Waals surface area contributed by atoms with Crippen LogP contribution in [0.3, 0.4) is 0 Å². The predicted molar refractivity (Wildman–Crippen MR) is 72.4 cm³/mol. The van der Waals surface area contributed by atoms with Gasteiger partial charge in [-0.2, -0.15) is 5.10 Å². The molecule has 0 amide bonds. The number of carbonyl (C=O) groups is 1. The van der Waals surface area contributed by atoms with Gasteiger partial charge in [0.1, 0.15) is 0 Å². The van der Waals surface area contributed by atoms with Gasteiger partial charge < -0.3 is 0 Å². The number of rotatable bonds is 4. The second-order valence-corrected chi connectivity index (χ2v) is 4.77. The van der Waals surface area contributed by atoms with E-state index in [-0.39, 0.29) is 5.78 Å². The Labute approximate surface area is 115 Å². The van der Waals surface area contributed by atoms with Gasteiger partial charge in [-0.1, -0.05) is 23.2 Å². The molecule has 3 nitrogen and oxygen atoms in total. The lowest BCUT2D eigenvalue weighted by molar-refractivity contribution is 0.0993. The van der Waals surface area contributed by atoms with Crippen molar-refractivity contribution in [2.24, 2.45) is 0 Å². The molecule has 0 saturated heterocycles. The van der Waals surface area contributed by atoms with E-state index in [1.807, 2.05) is 13.1 Å². The highest BCUT2D eigenvalue weighted by molar-refractivity contribution is 6.36. The van der Waals surface area contributed by atoms with Crippen molar-refractivity contribution in [3.8, 4) is 0 Å². The summed E-state index contributed by atoms with van der Waals surface area (Å²) in [6.07, 6.45) is 3.86. The van der Waals surface area contributed by atoms with Crippen LogP contribution < -0.4 is 0 Å². The molecule has 0 N–H and O–H groups in total. The Hall–Kier alpha value is -1.32. The van der Waals surface area contributed by atoms with Gasteiger partial charge in [-0.05, 0) is 30.7 Å². The fourth-order valence-corrected chi connectivity index (χ4v) is 2.18. The molecule has 1 aromatic heterocycles. The number of nitrogens with zero attached hydrogens (tertiary/aromatic N) is 2. The van der Waals surface area contributed by atoms with Crippen molar-refractivity contribution in [1.82, 2.24) is 9.78 Å². The summed E-state index contributed by atoms with van der Waals surface area (Å²) in [5.74, 6) is -0.0349. The molecule has 1 heterocycles. The second kappa shape index (κ2) is 5.55. The van der Waals surface area contributed by atoms with Crippen LogP contribution in [0.5, 0.6) is 0 Å². The van der Waals surface area contributed by atoms with Crippen molar-refractivity contribution in [1.29, 1.82) is 0 Å². The average molecular weight is 283 g/mol. The first-order chi connectivity index (χ1) is 8.60. The van der Waals surface area contributed by atoms with Crippen molar-refractivity contribution in [3.63, 3.8) is 0 Å². The fraction of sp³-hybridized carbons (Fsp3) is 0.231.